The fraction of sp³-hybridized carbons (Fsp3) is 0.0714. The quantitative estimate of drug-likeness (QED) is 0.375. The maximum Gasteiger partial charge on any atom is 0.341 e. The van der Waals surface area contributed by atoms with Gasteiger partial charge in [-0.1, -0.05) is 23.2 Å². The van der Waals surface area contributed by atoms with E-state index in [0.717, 1.165) is 6.07 Å². The van der Waals surface area contributed by atoms with Gasteiger partial charge in [0.2, 0.25) is 0 Å². The molecule has 0 spiro atoms. The number of pyridine rings is 1. The number of anilines is 1. The molecule has 0 fully saturated rings. The molecule has 0 aliphatic heterocycles. The van der Waals surface area contributed by atoms with E-state index in [1.54, 1.807) is 0 Å². The van der Waals surface area contributed by atoms with Crippen LogP contribution in [0.1, 0.15) is 10.4 Å². The van der Waals surface area contributed by atoms with E-state index < -0.39 is 23.4 Å². The zero-order valence-corrected chi connectivity index (χ0v) is 13.4. The van der Waals surface area contributed by atoms with Crippen LogP contribution in [0.25, 0.3) is 0 Å². The van der Waals surface area contributed by atoms with Crippen LogP contribution in [0.3, 0.4) is 0 Å². The molecule has 1 aromatic carbocycles. The molecule has 124 valence electrons. The Morgan fingerprint density at radius 2 is 2.04 bits per heavy atom. The zero-order chi connectivity index (χ0) is 17.7. The number of aromatic nitrogens is 1. The summed E-state index contributed by atoms with van der Waals surface area (Å²) < 4.78 is 4.82. The average Bonchev–Trinajstić information content (AvgIpc) is 2.54. The Morgan fingerprint density at radius 1 is 1.29 bits per heavy atom. The van der Waals surface area contributed by atoms with Crippen LogP contribution < -0.4 is 5.32 Å². The van der Waals surface area contributed by atoms with Gasteiger partial charge in [-0.3, -0.25) is 14.9 Å². The van der Waals surface area contributed by atoms with Crippen LogP contribution in [0.4, 0.5) is 11.4 Å². The highest BCUT2D eigenvalue weighted by Crippen LogP contribution is 2.26. The number of nitro benzene ring substituents is 1. The van der Waals surface area contributed by atoms with Crippen LogP contribution in [0.5, 0.6) is 0 Å². The summed E-state index contributed by atoms with van der Waals surface area (Å²) in [7, 11) is 0. The second-order valence-corrected chi connectivity index (χ2v) is 5.15. The van der Waals surface area contributed by atoms with Gasteiger partial charge in [0.1, 0.15) is 5.15 Å². The Hall–Kier alpha value is -2.71. The second kappa shape index (κ2) is 7.71. The van der Waals surface area contributed by atoms with Crippen molar-refractivity contribution in [2.45, 2.75) is 0 Å². The SMILES string of the molecule is O=C(COC(=O)c1cccnc1Cl)Nc1ccc([N+](=O)[O-])cc1Cl. The molecule has 0 radical (unpaired) electrons. The minimum atomic E-state index is -0.807. The van der Waals surface area contributed by atoms with E-state index in [1.807, 2.05) is 0 Å². The average molecular weight is 370 g/mol. The van der Waals surface area contributed by atoms with Gasteiger partial charge in [0, 0.05) is 18.3 Å². The Labute approximate surface area is 145 Å². The van der Waals surface area contributed by atoms with Crippen molar-refractivity contribution in [3.8, 4) is 0 Å². The first-order valence-corrected chi connectivity index (χ1v) is 7.15. The monoisotopic (exact) mass is 369 g/mol. The van der Waals surface area contributed by atoms with Crippen LogP contribution in [-0.2, 0) is 9.53 Å². The molecule has 0 aliphatic rings. The smallest absolute Gasteiger partial charge is 0.341 e. The Balaban J connectivity index is 1.95. The summed E-state index contributed by atoms with van der Waals surface area (Å²) in [5, 5.41) is 12.9. The highest BCUT2D eigenvalue weighted by molar-refractivity contribution is 6.34. The Kier molecular flexibility index (Phi) is 5.67. The van der Waals surface area contributed by atoms with Crippen molar-refractivity contribution in [3.63, 3.8) is 0 Å². The van der Waals surface area contributed by atoms with Crippen molar-refractivity contribution < 1.29 is 19.2 Å². The van der Waals surface area contributed by atoms with E-state index in [2.05, 4.69) is 10.3 Å². The van der Waals surface area contributed by atoms with Crippen molar-refractivity contribution in [1.29, 1.82) is 0 Å². The zero-order valence-electron chi connectivity index (χ0n) is 11.9. The van der Waals surface area contributed by atoms with Gasteiger partial charge in [-0.15, -0.1) is 0 Å². The number of benzene rings is 1. The number of nitrogens with one attached hydrogen (secondary N) is 1. The number of hydrogen-bond donors (Lipinski definition) is 1. The predicted molar refractivity (Wildman–Crippen MR) is 86.3 cm³/mol. The van der Waals surface area contributed by atoms with E-state index in [4.69, 9.17) is 27.9 Å². The summed E-state index contributed by atoms with van der Waals surface area (Å²) in [5.74, 6) is -1.47. The lowest BCUT2D eigenvalue weighted by atomic mass is 10.3. The van der Waals surface area contributed by atoms with Gasteiger partial charge in [0.25, 0.3) is 11.6 Å². The van der Waals surface area contributed by atoms with Gasteiger partial charge in [-0.2, -0.15) is 0 Å². The van der Waals surface area contributed by atoms with Crippen molar-refractivity contribution >= 4 is 46.5 Å². The fourth-order valence-corrected chi connectivity index (χ4v) is 2.07. The van der Waals surface area contributed by atoms with Crippen molar-refractivity contribution in [2.24, 2.45) is 0 Å². The molecular formula is C14H9Cl2N3O5. The minimum Gasteiger partial charge on any atom is -0.452 e. The maximum atomic E-state index is 11.8. The Bertz CT molecular complexity index is 813. The second-order valence-electron chi connectivity index (χ2n) is 4.39. The largest absolute Gasteiger partial charge is 0.452 e. The lowest BCUT2D eigenvalue weighted by Gasteiger charge is -2.08. The lowest BCUT2D eigenvalue weighted by Crippen LogP contribution is -2.21. The summed E-state index contributed by atoms with van der Waals surface area (Å²) in [6, 6.07) is 6.46. The molecule has 0 unspecified atom stereocenters. The lowest BCUT2D eigenvalue weighted by molar-refractivity contribution is -0.384. The van der Waals surface area contributed by atoms with Crippen LogP contribution in [0.2, 0.25) is 10.2 Å². The fourth-order valence-electron chi connectivity index (χ4n) is 1.65. The summed E-state index contributed by atoms with van der Waals surface area (Å²) in [6.45, 7) is -0.586. The molecular weight excluding hydrogens is 361 g/mol. The van der Waals surface area contributed by atoms with E-state index in [9.17, 15) is 19.7 Å². The molecule has 10 heteroatoms. The molecule has 1 N–H and O–H groups in total. The number of nitro groups is 1. The number of rotatable bonds is 5. The standard InChI is InChI=1S/C14H9Cl2N3O5/c15-10-6-8(19(22)23)3-4-11(10)18-12(20)7-24-14(21)9-2-1-5-17-13(9)16/h1-6H,7H2,(H,18,20). The third kappa shape index (κ3) is 4.40. The number of carbonyl (C=O) groups excluding carboxylic acids is 2. The normalized spacial score (nSPS) is 10.1. The molecule has 0 bridgehead atoms. The van der Waals surface area contributed by atoms with Gasteiger partial charge in [0.05, 0.1) is 21.2 Å². The molecule has 0 atom stereocenters. The number of amides is 1. The number of hydrogen-bond acceptors (Lipinski definition) is 6. The third-order valence-corrected chi connectivity index (χ3v) is 3.36. The molecule has 2 aromatic rings. The highest BCUT2D eigenvalue weighted by atomic mass is 35.5. The molecule has 1 aromatic heterocycles. The molecule has 2 rings (SSSR count). The van der Waals surface area contributed by atoms with Crippen LogP contribution in [0, 0.1) is 10.1 Å². The van der Waals surface area contributed by atoms with E-state index in [-0.39, 0.29) is 27.1 Å². The predicted octanol–water partition coefficient (Wildman–Crippen LogP) is 3.09. The van der Waals surface area contributed by atoms with Crippen molar-refractivity contribution in [3.05, 3.63) is 62.4 Å². The minimum absolute atomic E-state index is 0.0146. The van der Waals surface area contributed by atoms with Crippen molar-refractivity contribution in [1.82, 2.24) is 4.98 Å². The first-order chi connectivity index (χ1) is 11.4. The third-order valence-electron chi connectivity index (χ3n) is 2.75. The van der Waals surface area contributed by atoms with Gasteiger partial charge in [0.15, 0.2) is 6.61 Å². The molecule has 24 heavy (non-hydrogen) atoms. The Morgan fingerprint density at radius 3 is 2.67 bits per heavy atom. The molecule has 0 aliphatic carbocycles. The number of halogens is 2. The van der Waals surface area contributed by atoms with E-state index in [1.165, 1.54) is 30.5 Å². The topological polar surface area (TPSA) is 111 Å². The maximum absolute atomic E-state index is 11.8. The molecule has 1 heterocycles. The number of esters is 1. The summed E-state index contributed by atoms with van der Waals surface area (Å²) >= 11 is 11.6. The number of ether oxygens (including phenoxy) is 1. The van der Waals surface area contributed by atoms with Gasteiger partial charge in [-0.05, 0) is 18.2 Å². The number of non-ortho nitro benzene ring substituents is 1. The van der Waals surface area contributed by atoms with E-state index in [0.29, 0.717) is 0 Å². The molecule has 1 amide bonds. The summed E-state index contributed by atoms with van der Waals surface area (Å²) in [6.07, 6.45) is 1.41. The van der Waals surface area contributed by atoms with E-state index >= 15 is 0 Å². The van der Waals surface area contributed by atoms with Crippen molar-refractivity contribution in [2.75, 3.05) is 11.9 Å². The summed E-state index contributed by atoms with van der Waals surface area (Å²) in [5.41, 5.74) is -0.0290. The van der Waals surface area contributed by atoms with Gasteiger partial charge in [-0.25, -0.2) is 9.78 Å². The molecule has 0 saturated carbocycles. The highest BCUT2D eigenvalue weighted by Gasteiger charge is 2.15. The first-order valence-electron chi connectivity index (χ1n) is 6.40. The number of nitrogens with zero attached hydrogens (tertiary/aromatic N) is 2. The van der Waals surface area contributed by atoms with Crippen LogP contribution >= 0.6 is 23.2 Å². The molecule has 0 saturated heterocycles. The van der Waals surface area contributed by atoms with Gasteiger partial charge < -0.3 is 10.1 Å². The summed E-state index contributed by atoms with van der Waals surface area (Å²) in [4.78, 5) is 37.3. The first kappa shape index (κ1) is 17.6. The number of carbonyl (C=O) groups is 2. The van der Waals surface area contributed by atoms with Crippen LogP contribution in [0.15, 0.2) is 36.5 Å². The van der Waals surface area contributed by atoms with Gasteiger partial charge >= 0.3 is 5.97 Å². The van der Waals surface area contributed by atoms with Crippen LogP contribution in [-0.4, -0.2) is 28.4 Å². The molecule has 8 nitrogen and oxygen atoms in total.